The molecule has 0 unspecified atom stereocenters. The Kier molecular flexibility index (Phi) is 3.48. The van der Waals surface area contributed by atoms with Crippen LogP contribution in [0.2, 0.25) is 0 Å². The van der Waals surface area contributed by atoms with Crippen LogP contribution < -0.4 is 0 Å². The van der Waals surface area contributed by atoms with Gasteiger partial charge in [-0.2, -0.15) is 0 Å². The lowest BCUT2D eigenvalue weighted by molar-refractivity contribution is -0.00825. The lowest BCUT2D eigenvalue weighted by atomic mass is 10.2. The van der Waals surface area contributed by atoms with Gasteiger partial charge >= 0.3 is 0 Å². The molecule has 0 N–H and O–H groups in total. The van der Waals surface area contributed by atoms with Crippen molar-refractivity contribution in [1.29, 1.82) is 0 Å². The summed E-state index contributed by atoms with van der Waals surface area (Å²) >= 11 is 3.89. The predicted octanol–water partition coefficient (Wildman–Crippen LogP) is 4.03. The molecule has 2 aliphatic rings. The van der Waals surface area contributed by atoms with Gasteiger partial charge in [0.1, 0.15) is 0 Å². The van der Waals surface area contributed by atoms with Crippen LogP contribution in [0.4, 0.5) is 0 Å². The topological polar surface area (TPSA) is 6.48 Å². The van der Waals surface area contributed by atoms with E-state index in [1.165, 1.54) is 20.9 Å². The Bertz CT molecular complexity index is 574. The van der Waals surface area contributed by atoms with Crippen LogP contribution in [-0.2, 0) is 13.1 Å². The van der Waals surface area contributed by atoms with Gasteiger partial charge in [-0.3, -0.25) is 0 Å². The van der Waals surface area contributed by atoms with Crippen molar-refractivity contribution in [2.45, 2.75) is 22.9 Å². The zero-order valence-electron chi connectivity index (χ0n) is 11.2. The largest absolute Gasteiger partial charge is 0.226 e. The third kappa shape index (κ3) is 2.37. The number of benzene rings is 2. The summed E-state index contributed by atoms with van der Waals surface area (Å²) in [5, 5.41) is 4.96. The highest BCUT2D eigenvalue weighted by Crippen LogP contribution is 2.35. The standard InChI is InChI=1S/C16H16N2S2/c1-3-7-15-13(5-1)9-17(11-19-15)18-10-14-6-2-4-8-16(14)20-12-18/h1-8H,9-12H2. The molecule has 2 aromatic rings. The fraction of sp³-hybridized carbons (Fsp3) is 0.250. The van der Waals surface area contributed by atoms with Crippen LogP contribution in [0.25, 0.3) is 0 Å². The van der Waals surface area contributed by atoms with Crippen molar-refractivity contribution in [1.82, 2.24) is 10.0 Å². The summed E-state index contributed by atoms with van der Waals surface area (Å²) in [5.74, 6) is 2.11. The molecule has 4 rings (SSSR count). The number of thioether (sulfide) groups is 2. The zero-order chi connectivity index (χ0) is 13.4. The highest BCUT2D eigenvalue weighted by Gasteiger charge is 2.25. The zero-order valence-corrected chi connectivity index (χ0v) is 12.8. The van der Waals surface area contributed by atoms with Gasteiger partial charge in [-0.15, -0.1) is 23.5 Å². The van der Waals surface area contributed by atoms with E-state index in [4.69, 9.17) is 0 Å². The molecule has 0 spiro atoms. The van der Waals surface area contributed by atoms with Gasteiger partial charge in [-0.05, 0) is 23.3 Å². The molecule has 0 fully saturated rings. The highest BCUT2D eigenvalue weighted by atomic mass is 32.2. The van der Waals surface area contributed by atoms with Crippen LogP contribution in [0, 0.1) is 0 Å². The first kappa shape index (κ1) is 12.8. The maximum absolute atomic E-state index is 2.48. The first-order chi connectivity index (χ1) is 9.90. The van der Waals surface area contributed by atoms with E-state index in [1.807, 2.05) is 23.5 Å². The Morgan fingerprint density at radius 3 is 1.60 bits per heavy atom. The molecular formula is C16H16N2S2. The second-order valence-electron chi connectivity index (χ2n) is 5.09. The van der Waals surface area contributed by atoms with Crippen LogP contribution in [0.5, 0.6) is 0 Å². The normalized spacial score (nSPS) is 19.4. The molecule has 4 heteroatoms. The van der Waals surface area contributed by atoms with Crippen molar-refractivity contribution in [3.8, 4) is 0 Å². The number of hydrogen-bond donors (Lipinski definition) is 0. The molecule has 2 aliphatic heterocycles. The molecule has 2 heterocycles. The molecule has 0 aromatic heterocycles. The van der Waals surface area contributed by atoms with E-state index in [-0.39, 0.29) is 0 Å². The SMILES string of the molecule is c1ccc2c(c1)CN(N1CSc3ccccc3C1)CS2. The summed E-state index contributed by atoms with van der Waals surface area (Å²) in [4.78, 5) is 2.88. The summed E-state index contributed by atoms with van der Waals surface area (Å²) in [5.41, 5.74) is 2.90. The van der Waals surface area contributed by atoms with Crippen LogP contribution in [0.15, 0.2) is 58.3 Å². The Balaban J connectivity index is 1.53. The van der Waals surface area contributed by atoms with Crippen molar-refractivity contribution in [2.75, 3.05) is 11.8 Å². The fourth-order valence-electron chi connectivity index (χ4n) is 2.69. The fourth-order valence-corrected chi connectivity index (χ4v) is 4.76. The van der Waals surface area contributed by atoms with E-state index >= 15 is 0 Å². The molecule has 0 radical (unpaired) electrons. The van der Waals surface area contributed by atoms with Crippen molar-refractivity contribution in [2.24, 2.45) is 0 Å². The van der Waals surface area contributed by atoms with Crippen LogP contribution in [0.3, 0.4) is 0 Å². The van der Waals surface area contributed by atoms with Crippen molar-refractivity contribution in [3.05, 3.63) is 59.7 Å². The van der Waals surface area contributed by atoms with Gasteiger partial charge in [-0.25, -0.2) is 10.0 Å². The number of hydrogen-bond acceptors (Lipinski definition) is 4. The molecule has 0 atom stereocenters. The summed E-state index contributed by atoms with van der Waals surface area (Å²) in [7, 11) is 0. The maximum Gasteiger partial charge on any atom is 0.0641 e. The Morgan fingerprint density at radius 1 is 0.650 bits per heavy atom. The predicted molar refractivity (Wildman–Crippen MR) is 85.4 cm³/mol. The monoisotopic (exact) mass is 300 g/mol. The summed E-state index contributed by atoms with van der Waals surface area (Å²) in [6.45, 7) is 2.07. The molecule has 102 valence electrons. The lowest BCUT2D eigenvalue weighted by Gasteiger charge is -2.39. The first-order valence-corrected chi connectivity index (χ1v) is 8.78. The first-order valence-electron chi connectivity index (χ1n) is 6.81. The number of nitrogens with zero attached hydrogens (tertiary/aromatic N) is 2. The molecule has 0 amide bonds. The van der Waals surface area contributed by atoms with E-state index in [0.717, 1.165) is 24.8 Å². The third-order valence-electron chi connectivity index (χ3n) is 3.79. The van der Waals surface area contributed by atoms with Crippen LogP contribution >= 0.6 is 23.5 Å². The Labute approximate surface area is 128 Å². The van der Waals surface area contributed by atoms with Crippen molar-refractivity contribution in [3.63, 3.8) is 0 Å². The van der Waals surface area contributed by atoms with Crippen molar-refractivity contribution < 1.29 is 0 Å². The van der Waals surface area contributed by atoms with Gasteiger partial charge in [-0.1, -0.05) is 36.4 Å². The number of hydrazine groups is 1. The second kappa shape index (κ2) is 5.45. The summed E-state index contributed by atoms with van der Waals surface area (Å²) in [6.07, 6.45) is 0. The Hall–Kier alpha value is -0.940. The van der Waals surface area contributed by atoms with Gasteiger partial charge in [0.15, 0.2) is 0 Å². The van der Waals surface area contributed by atoms with Gasteiger partial charge in [0.2, 0.25) is 0 Å². The minimum Gasteiger partial charge on any atom is -0.226 e. The van der Waals surface area contributed by atoms with Gasteiger partial charge < -0.3 is 0 Å². The van der Waals surface area contributed by atoms with Crippen LogP contribution in [0.1, 0.15) is 11.1 Å². The molecule has 2 aromatic carbocycles. The molecule has 0 bridgehead atoms. The molecule has 0 saturated heterocycles. The smallest absolute Gasteiger partial charge is 0.0641 e. The van der Waals surface area contributed by atoms with Gasteiger partial charge in [0.05, 0.1) is 11.8 Å². The molecular weight excluding hydrogens is 284 g/mol. The minimum absolute atomic E-state index is 1.03. The van der Waals surface area contributed by atoms with E-state index in [2.05, 4.69) is 58.5 Å². The van der Waals surface area contributed by atoms with E-state index in [9.17, 15) is 0 Å². The molecule has 0 aliphatic carbocycles. The second-order valence-corrected chi connectivity index (χ2v) is 7.06. The molecule has 2 nitrogen and oxygen atoms in total. The van der Waals surface area contributed by atoms with Crippen LogP contribution in [-0.4, -0.2) is 21.8 Å². The van der Waals surface area contributed by atoms with E-state index < -0.39 is 0 Å². The summed E-state index contributed by atoms with van der Waals surface area (Å²) in [6, 6.07) is 17.5. The maximum atomic E-state index is 2.48. The number of rotatable bonds is 1. The molecule has 0 saturated carbocycles. The number of fused-ring (bicyclic) bond motifs is 2. The van der Waals surface area contributed by atoms with Gasteiger partial charge in [0, 0.05) is 22.9 Å². The Morgan fingerprint density at radius 2 is 1.10 bits per heavy atom. The average molecular weight is 300 g/mol. The average Bonchev–Trinajstić information content (AvgIpc) is 2.54. The minimum atomic E-state index is 1.03. The van der Waals surface area contributed by atoms with Gasteiger partial charge in [0.25, 0.3) is 0 Å². The van der Waals surface area contributed by atoms with E-state index in [0.29, 0.717) is 0 Å². The highest BCUT2D eigenvalue weighted by molar-refractivity contribution is 7.99. The van der Waals surface area contributed by atoms with Crippen molar-refractivity contribution >= 4 is 23.5 Å². The summed E-state index contributed by atoms with van der Waals surface area (Å²) < 4.78 is 0. The quantitative estimate of drug-likeness (QED) is 0.784. The lowest BCUT2D eigenvalue weighted by Crippen LogP contribution is -2.43. The molecule has 20 heavy (non-hydrogen) atoms. The third-order valence-corrected chi connectivity index (χ3v) is 6.06. The van der Waals surface area contributed by atoms with E-state index in [1.54, 1.807) is 0 Å².